The summed E-state index contributed by atoms with van der Waals surface area (Å²) in [6.07, 6.45) is 2.09. The molecule has 0 radical (unpaired) electrons. The lowest BCUT2D eigenvalue weighted by Gasteiger charge is -2.13. The van der Waals surface area contributed by atoms with E-state index >= 15 is 0 Å². The van der Waals surface area contributed by atoms with E-state index in [9.17, 15) is 0 Å². The fraction of sp³-hybridized carbons (Fsp3) is 0.375. The number of fused-ring (bicyclic) bond motifs is 2. The summed E-state index contributed by atoms with van der Waals surface area (Å²) in [6.45, 7) is 0.726. The first-order chi connectivity index (χ1) is 10.2. The van der Waals surface area contributed by atoms with E-state index in [1.807, 2.05) is 35.2 Å². The van der Waals surface area contributed by atoms with Crippen LogP contribution in [0.3, 0.4) is 0 Å². The summed E-state index contributed by atoms with van der Waals surface area (Å²) < 4.78 is 5.79. The third kappa shape index (κ3) is 2.59. The van der Waals surface area contributed by atoms with Crippen LogP contribution in [0.25, 0.3) is 0 Å². The van der Waals surface area contributed by atoms with E-state index in [-0.39, 0.29) is 5.38 Å². The Balaban J connectivity index is 1.75. The van der Waals surface area contributed by atoms with Crippen LogP contribution in [0.5, 0.6) is 5.75 Å². The lowest BCUT2D eigenvalue weighted by molar-refractivity contribution is 0.354. The highest BCUT2D eigenvalue weighted by atomic mass is 35.5. The smallest absolute Gasteiger partial charge is 0.127 e. The largest absolute Gasteiger partial charge is 0.493 e. The van der Waals surface area contributed by atoms with Gasteiger partial charge in [0.05, 0.1) is 12.0 Å². The monoisotopic (exact) mass is 356 g/mol. The van der Waals surface area contributed by atoms with Crippen molar-refractivity contribution in [3.8, 4) is 5.75 Å². The van der Waals surface area contributed by atoms with E-state index in [0.717, 1.165) is 35.1 Å². The van der Waals surface area contributed by atoms with E-state index in [2.05, 4.69) is 6.07 Å². The number of thiophene rings is 1. The molecule has 2 aliphatic heterocycles. The van der Waals surface area contributed by atoms with Gasteiger partial charge in [-0.3, -0.25) is 0 Å². The highest BCUT2D eigenvalue weighted by Crippen LogP contribution is 2.45. The quantitative estimate of drug-likeness (QED) is 0.661. The molecule has 4 rings (SSSR count). The number of thioether (sulfide) groups is 1. The van der Waals surface area contributed by atoms with Gasteiger partial charge in [-0.2, -0.15) is 11.8 Å². The Morgan fingerprint density at radius 1 is 1.14 bits per heavy atom. The Labute approximate surface area is 142 Å². The summed E-state index contributed by atoms with van der Waals surface area (Å²) in [5.74, 6) is 3.27. The molecule has 2 aliphatic rings. The van der Waals surface area contributed by atoms with E-state index in [0.29, 0.717) is 0 Å². The number of aryl methyl sites for hydroxylation is 1. The predicted molar refractivity (Wildman–Crippen MR) is 92.5 cm³/mol. The molecule has 0 bridgehead atoms. The molecular weight excluding hydrogens is 343 g/mol. The summed E-state index contributed by atoms with van der Waals surface area (Å²) in [7, 11) is 0. The third-order valence-electron chi connectivity index (χ3n) is 3.95. The maximum Gasteiger partial charge on any atom is 0.127 e. The van der Waals surface area contributed by atoms with Gasteiger partial charge >= 0.3 is 0 Å². The zero-order valence-corrected chi connectivity index (χ0v) is 14.5. The highest BCUT2D eigenvalue weighted by Gasteiger charge is 2.25. The molecule has 1 unspecified atom stereocenters. The van der Waals surface area contributed by atoms with Gasteiger partial charge in [0, 0.05) is 32.5 Å². The minimum atomic E-state index is -0.170. The van der Waals surface area contributed by atoms with Gasteiger partial charge in [0.2, 0.25) is 0 Å². The van der Waals surface area contributed by atoms with Crippen LogP contribution in [0.2, 0.25) is 5.02 Å². The Kier molecular flexibility index (Phi) is 3.86. The average molecular weight is 357 g/mol. The number of alkyl halides is 1. The van der Waals surface area contributed by atoms with Gasteiger partial charge in [-0.1, -0.05) is 11.6 Å². The number of hydrogen-bond acceptors (Lipinski definition) is 3. The normalized spacial score (nSPS) is 18.0. The van der Waals surface area contributed by atoms with E-state index in [1.54, 1.807) is 0 Å². The van der Waals surface area contributed by atoms with E-state index < -0.39 is 0 Å². The molecule has 1 nitrogen and oxygen atoms in total. The van der Waals surface area contributed by atoms with Crippen LogP contribution < -0.4 is 4.74 Å². The lowest BCUT2D eigenvalue weighted by Crippen LogP contribution is -1.96. The van der Waals surface area contributed by atoms with Gasteiger partial charge in [0.25, 0.3) is 0 Å². The van der Waals surface area contributed by atoms with Crippen molar-refractivity contribution in [2.24, 2.45) is 0 Å². The molecule has 0 amide bonds. The molecule has 21 heavy (non-hydrogen) atoms. The van der Waals surface area contributed by atoms with Crippen molar-refractivity contribution in [3.63, 3.8) is 0 Å². The summed E-state index contributed by atoms with van der Waals surface area (Å²) >= 11 is 16.9. The van der Waals surface area contributed by atoms with Crippen molar-refractivity contribution >= 4 is 46.3 Å². The van der Waals surface area contributed by atoms with Crippen molar-refractivity contribution in [2.75, 3.05) is 12.4 Å². The Bertz CT molecular complexity index is 672. The van der Waals surface area contributed by atoms with E-state index in [4.69, 9.17) is 27.9 Å². The SMILES string of the molecule is Clc1cc2c(c(C(Cl)c3cc4c(s3)CCSC4)c1)OCC2. The van der Waals surface area contributed by atoms with Crippen LogP contribution >= 0.6 is 46.3 Å². The van der Waals surface area contributed by atoms with Crippen LogP contribution in [0, 0.1) is 0 Å². The van der Waals surface area contributed by atoms with Gasteiger partial charge in [0.1, 0.15) is 5.75 Å². The molecule has 1 aromatic carbocycles. The summed E-state index contributed by atoms with van der Waals surface area (Å²) in [6, 6.07) is 6.22. The number of ether oxygens (including phenoxy) is 1. The van der Waals surface area contributed by atoms with Gasteiger partial charge in [-0.25, -0.2) is 0 Å². The molecular formula is C16H14Cl2OS2. The number of hydrogen-bond donors (Lipinski definition) is 0. The maximum absolute atomic E-state index is 6.77. The number of rotatable bonds is 2. The standard InChI is InChI=1S/C16H14Cl2OS2/c17-11-5-9-1-3-19-16(9)12(7-11)15(18)14-6-10-8-20-4-2-13(10)21-14/h5-7,15H,1-4,8H2. The summed E-state index contributed by atoms with van der Waals surface area (Å²) in [5.41, 5.74) is 3.65. The second-order valence-corrected chi connectivity index (χ2v) is 8.49. The molecule has 3 heterocycles. The molecule has 0 saturated heterocycles. The first-order valence-electron chi connectivity index (χ1n) is 7.01. The molecule has 0 aliphatic carbocycles. The Morgan fingerprint density at radius 3 is 2.90 bits per heavy atom. The van der Waals surface area contributed by atoms with Gasteiger partial charge in [-0.15, -0.1) is 22.9 Å². The van der Waals surface area contributed by atoms with Gasteiger partial charge in [0.15, 0.2) is 0 Å². The van der Waals surface area contributed by atoms with Crippen LogP contribution in [0.4, 0.5) is 0 Å². The Morgan fingerprint density at radius 2 is 2.05 bits per heavy atom. The van der Waals surface area contributed by atoms with Crippen molar-refractivity contribution in [2.45, 2.75) is 24.0 Å². The summed E-state index contributed by atoms with van der Waals surface area (Å²) in [5, 5.41) is 0.577. The maximum atomic E-state index is 6.77. The predicted octanol–water partition coefficient (Wildman–Crippen LogP) is 5.45. The topological polar surface area (TPSA) is 9.23 Å². The highest BCUT2D eigenvalue weighted by molar-refractivity contribution is 7.98. The second kappa shape index (κ2) is 5.69. The molecule has 2 aromatic rings. The minimum absolute atomic E-state index is 0.170. The first-order valence-corrected chi connectivity index (χ1v) is 9.79. The van der Waals surface area contributed by atoms with Crippen molar-refractivity contribution in [1.82, 2.24) is 0 Å². The van der Waals surface area contributed by atoms with E-state index in [1.165, 1.54) is 33.1 Å². The van der Waals surface area contributed by atoms with Crippen molar-refractivity contribution < 1.29 is 4.74 Å². The molecule has 5 heteroatoms. The third-order valence-corrected chi connectivity index (χ3v) is 7.07. The number of halogens is 2. The van der Waals surface area contributed by atoms with Crippen LogP contribution in [0.1, 0.15) is 31.8 Å². The van der Waals surface area contributed by atoms with Crippen LogP contribution in [0.15, 0.2) is 18.2 Å². The van der Waals surface area contributed by atoms with Crippen LogP contribution in [-0.2, 0) is 18.6 Å². The molecule has 110 valence electrons. The Hall–Kier alpha value is -0.350. The van der Waals surface area contributed by atoms with Crippen molar-refractivity contribution in [3.05, 3.63) is 49.7 Å². The number of benzene rings is 1. The zero-order chi connectivity index (χ0) is 14.4. The fourth-order valence-electron chi connectivity index (χ4n) is 2.93. The van der Waals surface area contributed by atoms with Gasteiger partial charge in [-0.05, 0) is 41.5 Å². The zero-order valence-electron chi connectivity index (χ0n) is 11.3. The summed E-state index contributed by atoms with van der Waals surface area (Å²) in [4.78, 5) is 2.71. The lowest BCUT2D eigenvalue weighted by atomic mass is 10.0. The molecule has 1 atom stereocenters. The molecule has 0 saturated carbocycles. The van der Waals surface area contributed by atoms with Gasteiger partial charge < -0.3 is 4.74 Å². The first kappa shape index (κ1) is 14.3. The molecule has 0 fully saturated rings. The molecule has 1 aromatic heterocycles. The minimum Gasteiger partial charge on any atom is -0.493 e. The second-order valence-electron chi connectivity index (χ2n) is 5.34. The van der Waals surface area contributed by atoms with Crippen molar-refractivity contribution in [1.29, 1.82) is 0 Å². The average Bonchev–Trinajstić information content (AvgIpc) is 3.11. The van der Waals surface area contributed by atoms with Crippen LogP contribution in [-0.4, -0.2) is 12.4 Å². The molecule has 0 N–H and O–H groups in total. The molecule has 0 spiro atoms. The fourth-order valence-corrected chi connectivity index (χ4v) is 5.92.